The van der Waals surface area contributed by atoms with Gasteiger partial charge in [0.15, 0.2) is 0 Å². The summed E-state index contributed by atoms with van der Waals surface area (Å²) in [5.41, 5.74) is 7.87. The van der Waals surface area contributed by atoms with Crippen molar-refractivity contribution in [3.63, 3.8) is 0 Å². The molecule has 0 aromatic heterocycles. The minimum absolute atomic E-state index is 0.0522. The number of hydrogen-bond acceptors (Lipinski definition) is 2. The molecule has 108 valence electrons. The van der Waals surface area contributed by atoms with Crippen molar-refractivity contribution < 1.29 is 13.6 Å². The average molecular weight is 288 g/mol. The van der Waals surface area contributed by atoms with E-state index in [1.165, 1.54) is 4.90 Å². The Balaban J connectivity index is 1.88. The van der Waals surface area contributed by atoms with E-state index in [1.807, 2.05) is 6.07 Å². The van der Waals surface area contributed by atoms with E-state index in [2.05, 4.69) is 0 Å². The number of rotatable bonds is 2. The zero-order chi connectivity index (χ0) is 15.0. The molecule has 0 saturated heterocycles. The van der Waals surface area contributed by atoms with Crippen LogP contribution in [0.1, 0.15) is 21.5 Å². The first-order chi connectivity index (χ1) is 10.0. The molecule has 0 saturated carbocycles. The molecule has 3 nitrogen and oxygen atoms in total. The molecule has 0 atom stereocenters. The monoisotopic (exact) mass is 288 g/mol. The number of amides is 1. The van der Waals surface area contributed by atoms with Crippen molar-refractivity contribution in [2.75, 3.05) is 12.3 Å². The molecule has 0 radical (unpaired) electrons. The molecule has 0 aliphatic carbocycles. The fraction of sp³-hybridized carbons (Fsp3) is 0.188. The molecule has 2 N–H and O–H groups in total. The first-order valence-corrected chi connectivity index (χ1v) is 6.66. The number of fused-ring (bicyclic) bond motifs is 1. The van der Waals surface area contributed by atoms with E-state index in [0.717, 1.165) is 23.8 Å². The van der Waals surface area contributed by atoms with Gasteiger partial charge in [-0.05, 0) is 42.3 Å². The SMILES string of the molecule is Nc1ccc2c(c1)C(=O)N(Cc1cc(F)ccc1F)CC2. The van der Waals surface area contributed by atoms with Gasteiger partial charge < -0.3 is 10.6 Å². The van der Waals surface area contributed by atoms with Gasteiger partial charge in [0, 0.05) is 29.9 Å². The van der Waals surface area contributed by atoms with Gasteiger partial charge >= 0.3 is 0 Å². The van der Waals surface area contributed by atoms with E-state index in [1.54, 1.807) is 12.1 Å². The highest BCUT2D eigenvalue weighted by molar-refractivity contribution is 5.97. The van der Waals surface area contributed by atoms with Gasteiger partial charge in [-0.2, -0.15) is 0 Å². The maximum Gasteiger partial charge on any atom is 0.254 e. The molecule has 1 aliphatic heterocycles. The number of nitrogens with two attached hydrogens (primary N) is 1. The van der Waals surface area contributed by atoms with Crippen molar-refractivity contribution in [3.8, 4) is 0 Å². The van der Waals surface area contributed by atoms with Crippen molar-refractivity contribution in [1.82, 2.24) is 4.90 Å². The highest BCUT2D eigenvalue weighted by atomic mass is 19.1. The maximum atomic E-state index is 13.7. The number of hydrogen-bond donors (Lipinski definition) is 1. The largest absolute Gasteiger partial charge is 0.399 e. The minimum Gasteiger partial charge on any atom is -0.399 e. The molecular weight excluding hydrogens is 274 g/mol. The normalized spacial score (nSPS) is 14.2. The van der Waals surface area contributed by atoms with Crippen LogP contribution >= 0.6 is 0 Å². The van der Waals surface area contributed by atoms with E-state index in [4.69, 9.17) is 5.73 Å². The molecule has 5 heteroatoms. The third kappa shape index (κ3) is 2.59. The number of benzene rings is 2. The van der Waals surface area contributed by atoms with E-state index >= 15 is 0 Å². The van der Waals surface area contributed by atoms with Gasteiger partial charge in [-0.15, -0.1) is 0 Å². The van der Waals surface area contributed by atoms with Crippen LogP contribution in [0.5, 0.6) is 0 Å². The minimum atomic E-state index is -0.513. The van der Waals surface area contributed by atoms with Gasteiger partial charge in [0.1, 0.15) is 11.6 Å². The Hall–Kier alpha value is -2.43. The molecule has 0 spiro atoms. The van der Waals surface area contributed by atoms with E-state index in [9.17, 15) is 13.6 Å². The summed E-state index contributed by atoms with van der Waals surface area (Å²) in [5, 5.41) is 0. The molecule has 3 rings (SSSR count). The Morgan fingerprint density at radius 2 is 1.95 bits per heavy atom. The summed E-state index contributed by atoms with van der Waals surface area (Å²) in [4.78, 5) is 13.9. The van der Waals surface area contributed by atoms with Gasteiger partial charge in [-0.1, -0.05) is 6.07 Å². The van der Waals surface area contributed by atoms with Crippen molar-refractivity contribution in [2.24, 2.45) is 0 Å². The molecule has 21 heavy (non-hydrogen) atoms. The molecule has 1 amide bonds. The maximum absolute atomic E-state index is 13.7. The summed E-state index contributed by atoms with van der Waals surface area (Å²) >= 11 is 0. The first-order valence-electron chi connectivity index (χ1n) is 6.66. The van der Waals surface area contributed by atoms with Crippen LogP contribution in [0.25, 0.3) is 0 Å². The Kier molecular flexibility index (Phi) is 3.33. The number of carbonyl (C=O) groups excluding carboxylic acids is 1. The number of carbonyl (C=O) groups is 1. The van der Waals surface area contributed by atoms with E-state index in [0.29, 0.717) is 24.2 Å². The zero-order valence-electron chi connectivity index (χ0n) is 11.3. The molecule has 0 bridgehead atoms. The summed E-state index contributed by atoms with van der Waals surface area (Å²) in [5.74, 6) is -1.23. The lowest BCUT2D eigenvalue weighted by atomic mass is 9.98. The standard InChI is InChI=1S/C16H14F2N2O/c17-12-2-4-15(18)11(7-12)9-20-6-5-10-1-3-13(19)8-14(10)16(20)21/h1-4,7-8H,5-6,9,19H2. The van der Waals surface area contributed by atoms with Crippen molar-refractivity contribution in [2.45, 2.75) is 13.0 Å². The molecule has 1 heterocycles. The van der Waals surface area contributed by atoms with Crippen LogP contribution in [0, 0.1) is 11.6 Å². The topological polar surface area (TPSA) is 46.3 Å². The highest BCUT2D eigenvalue weighted by Crippen LogP contribution is 2.23. The van der Waals surface area contributed by atoms with Crippen LogP contribution in [0.15, 0.2) is 36.4 Å². The summed E-state index contributed by atoms with van der Waals surface area (Å²) in [7, 11) is 0. The second kappa shape index (κ2) is 5.16. The number of nitrogen functional groups attached to an aromatic ring is 1. The second-order valence-electron chi connectivity index (χ2n) is 5.13. The van der Waals surface area contributed by atoms with Gasteiger partial charge in [-0.3, -0.25) is 4.79 Å². The first kappa shape index (κ1) is 13.5. The van der Waals surface area contributed by atoms with Crippen LogP contribution in [0.3, 0.4) is 0 Å². The second-order valence-corrected chi connectivity index (χ2v) is 5.13. The van der Waals surface area contributed by atoms with Crippen molar-refractivity contribution >= 4 is 11.6 Å². The van der Waals surface area contributed by atoms with E-state index < -0.39 is 11.6 Å². The Labute approximate surface area is 121 Å². The molecule has 2 aromatic carbocycles. The molecule has 0 unspecified atom stereocenters. The van der Waals surface area contributed by atoms with Crippen molar-refractivity contribution in [1.29, 1.82) is 0 Å². The lowest BCUT2D eigenvalue weighted by Gasteiger charge is -2.29. The van der Waals surface area contributed by atoms with Crippen molar-refractivity contribution in [3.05, 3.63) is 64.7 Å². The summed E-state index contributed by atoms with van der Waals surface area (Å²) in [6.07, 6.45) is 0.679. The number of nitrogens with zero attached hydrogens (tertiary/aromatic N) is 1. The van der Waals surface area contributed by atoms with Crippen LogP contribution in [0.4, 0.5) is 14.5 Å². The third-order valence-corrected chi connectivity index (χ3v) is 3.67. The van der Waals surface area contributed by atoms with Crippen LogP contribution in [-0.2, 0) is 13.0 Å². The predicted octanol–water partition coefficient (Wildman–Crippen LogP) is 2.75. The predicted molar refractivity (Wildman–Crippen MR) is 75.7 cm³/mol. The van der Waals surface area contributed by atoms with Crippen LogP contribution < -0.4 is 5.73 Å². The lowest BCUT2D eigenvalue weighted by molar-refractivity contribution is 0.0725. The Bertz CT molecular complexity index is 715. The van der Waals surface area contributed by atoms with Crippen LogP contribution in [0.2, 0.25) is 0 Å². The van der Waals surface area contributed by atoms with Gasteiger partial charge in [0.2, 0.25) is 0 Å². The molecule has 0 fully saturated rings. The Morgan fingerprint density at radius 3 is 2.76 bits per heavy atom. The van der Waals surface area contributed by atoms with Gasteiger partial charge in [-0.25, -0.2) is 8.78 Å². The zero-order valence-corrected chi connectivity index (χ0v) is 11.3. The molecular formula is C16H14F2N2O. The number of anilines is 1. The smallest absolute Gasteiger partial charge is 0.254 e. The summed E-state index contributed by atoms with van der Waals surface area (Å²) in [6, 6.07) is 8.48. The molecule has 2 aromatic rings. The number of halogens is 2. The average Bonchev–Trinajstić information content (AvgIpc) is 2.46. The van der Waals surface area contributed by atoms with Crippen LogP contribution in [-0.4, -0.2) is 17.4 Å². The quantitative estimate of drug-likeness (QED) is 0.864. The lowest BCUT2D eigenvalue weighted by Crippen LogP contribution is -2.37. The molecule has 1 aliphatic rings. The highest BCUT2D eigenvalue weighted by Gasteiger charge is 2.25. The van der Waals surface area contributed by atoms with E-state index in [-0.39, 0.29) is 18.0 Å². The van der Waals surface area contributed by atoms with Gasteiger partial charge in [0.05, 0.1) is 0 Å². The summed E-state index contributed by atoms with van der Waals surface area (Å²) in [6.45, 7) is 0.530. The third-order valence-electron chi connectivity index (χ3n) is 3.67. The fourth-order valence-corrected chi connectivity index (χ4v) is 2.56. The fourth-order valence-electron chi connectivity index (χ4n) is 2.56. The Morgan fingerprint density at radius 1 is 1.14 bits per heavy atom. The van der Waals surface area contributed by atoms with Gasteiger partial charge in [0.25, 0.3) is 5.91 Å². The summed E-state index contributed by atoms with van der Waals surface area (Å²) < 4.78 is 26.9.